The summed E-state index contributed by atoms with van der Waals surface area (Å²) < 4.78 is 101. The van der Waals surface area contributed by atoms with Gasteiger partial charge in [-0.2, -0.15) is 0 Å². The van der Waals surface area contributed by atoms with Crippen LogP contribution in [0.15, 0.2) is 364 Å². The first-order chi connectivity index (χ1) is 43.9. The first-order valence-electron chi connectivity index (χ1n) is 28.5. The van der Waals surface area contributed by atoms with Gasteiger partial charge in [-0.25, -0.2) is 0 Å². The zero-order chi connectivity index (χ0) is 60.3. The van der Waals surface area contributed by atoms with Crippen molar-refractivity contribution in [2.75, 3.05) is 0 Å². The van der Waals surface area contributed by atoms with E-state index in [1.54, 1.807) is 0 Å². The fourth-order valence-electron chi connectivity index (χ4n) is 9.01. The molecule has 0 atom stereocenters. The van der Waals surface area contributed by atoms with Gasteiger partial charge >= 0.3 is 525 Å². The zero-order valence-electron chi connectivity index (χ0n) is 47.9. The van der Waals surface area contributed by atoms with E-state index in [1.807, 2.05) is 364 Å². The molecule has 12 rings (SSSR count). The van der Waals surface area contributed by atoms with Crippen molar-refractivity contribution in [1.29, 1.82) is 0 Å². The Labute approximate surface area is 522 Å². The third kappa shape index (κ3) is 13.8. The second-order valence-electron chi connectivity index (χ2n) is 19.2. The van der Waals surface area contributed by atoms with Gasteiger partial charge in [0.15, 0.2) is 0 Å². The molecule has 0 aromatic heterocycles. The van der Waals surface area contributed by atoms with E-state index in [-0.39, 0.29) is 69.0 Å². The van der Waals surface area contributed by atoms with Gasteiger partial charge in [0.2, 0.25) is 0 Å². The van der Waals surface area contributed by atoms with Crippen LogP contribution in [-0.4, -0.2) is 0 Å². The first-order valence-corrected chi connectivity index (χ1v) is 44.0. The van der Waals surface area contributed by atoms with Crippen LogP contribution in [0, 0.1) is 0 Å². The van der Waals surface area contributed by atoms with Gasteiger partial charge < -0.3 is 0 Å². The number of rotatable bonds is 28. The van der Waals surface area contributed by atoms with Crippen LogP contribution in [0.3, 0.4) is 0 Å². The minimum absolute atomic E-state index is 0.275. The van der Waals surface area contributed by atoms with Crippen molar-refractivity contribution in [3.05, 3.63) is 364 Å². The molecule has 0 radical (unpaired) electrons. The van der Waals surface area contributed by atoms with Gasteiger partial charge in [-0.15, -0.1) is 0 Å². The summed E-state index contributed by atoms with van der Waals surface area (Å²) in [5, 5.41) is 0. The van der Waals surface area contributed by atoms with Crippen LogP contribution in [0.4, 0.5) is 0 Å². The molecule has 89 heavy (non-hydrogen) atoms. The van der Waals surface area contributed by atoms with Crippen molar-refractivity contribution < 1.29 is 67.8 Å². The Morgan fingerprint density at radius 1 is 0.124 bits per heavy atom. The van der Waals surface area contributed by atoms with E-state index in [2.05, 4.69) is 0 Å². The molecule has 0 spiro atoms. The monoisotopic (exact) mass is 1350 g/mol. The van der Waals surface area contributed by atoms with Gasteiger partial charge in [0.1, 0.15) is 0 Å². The standard InChI is InChI=1S/4C18H16O3P.Pd/c4*1-4-10-16(11-5-1)19-22(20-17-12-6-2-7-13-17)21-18-14-8-3-9-15-18;/h4*1-15,22H;/q4*+1;-4. The molecular formula is C72H64O12P4Pd. The number of benzene rings is 12. The minimum atomic E-state index is -6.48. The second-order valence-corrected chi connectivity index (χ2v) is 61.4. The third-order valence-corrected chi connectivity index (χ3v) is 84.9. The van der Waals surface area contributed by atoms with E-state index in [4.69, 9.17) is 54.3 Å². The topological polar surface area (TPSA) is 111 Å². The van der Waals surface area contributed by atoms with Gasteiger partial charge in [0.05, 0.1) is 0 Å². The molecule has 0 amide bonds. The Hall–Kier alpha value is -9.38. The van der Waals surface area contributed by atoms with Crippen molar-refractivity contribution in [2.24, 2.45) is 0 Å². The third-order valence-electron chi connectivity index (χ3n) is 12.9. The fraction of sp³-hybridized carbons (Fsp3) is 0. The van der Waals surface area contributed by atoms with Crippen LogP contribution in [0.1, 0.15) is 0 Å². The Balaban J connectivity index is 1.45. The maximum atomic E-state index is 8.38. The van der Waals surface area contributed by atoms with E-state index < -0.39 is 38.1 Å². The number of hydrogen-bond acceptors (Lipinski definition) is 12. The summed E-state index contributed by atoms with van der Waals surface area (Å²) in [6.45, 7) is 0. The molecule has 17 heteroatoms. The normalized spacial score (nSPS) is 13.2. The average molecular weight is 1350 g/mol. The fourth-order valence-corrected chi connectivity index (χ4v) is 88.5. The molecule has 0 saturated carbocycles. The molecule has 0 aliphatic rings. The molecule has 454 valence electrons. The molecule has 0 bridgehead atoms. The molecule has 12 nitrogen and oxygen atoms in total. The zero-order valence-corrected chi connectivity index (χ0v) is 53.4. The molecule has 0 aliphatic heterocycles. The average Bonchev–Trinajstić information content (AvgIpc) is 0.656. The molecule has 0 unspecified atom stereocenters. The molecule has 0 fully saturated rings. The summed E-state index contributed by atoms with van der Waals surface area (Å²) in [7, 11) is 0. The van der Waals surface area contributed by atoms with Gasteiger partial charge in [0.25, 0.3) is 0 Å². The predicted octanol–water partition coefficient (Wildman–Crippen LogP) is 20.7. The van der Waals surface area contributed by atoms with Gasteiger partial charge in [-0.3, -0.25) is 0 Å². The van der Waals surface area contributed by atoms with Crippen LogP contribution in [0.25, 0.3) is 0 Å². The van der Waals surface area contributed by atoms with E-state index in [1.165, 1.54) is 0 Å². The van der Waals surface area contributed by atoms with Crippen molar-refractivity contribution in [3.8, 4) is 69.0 Å². The molecule has 0 N–H and O–H groups in total. The van der Waals surface area contributed by atoms with Crippen LogP contribution >= 0.6 is 24.5 Å². The van der Waals surface area contributed by atoms with E-state index in [0.29, 0.717) is 0 Å². The van der Waals surface area contributed by atoms with Gasteiger partial charge in [0, 0.05) is 0 Å². The molecule has 0 heterocycles. The Morgan fingerprint density at radius 3 is 0.281 bits per heavy atom. The van der Waals surface area contributed by atoms with Crippen molar-refractivity contribution in [1.82, 2.24) is 0 Å². The molecule has 0 saturated heterocycles. The second kappa shape index (κ2) is 28.6. The quantitative estimate of drug-likeness (QED) is 0.0344. The molecule has 12 aromatic rings. The van der Waals surface area contributed by atoms with E-state index >= 15 is 0 Å². The van der Waals surface area contributed by atoms with Crippen LogP contribution < -0.4 is 54.3 Å². The Kier molecular flexibility index (Phi) is 19.3. The Bertz CT molecular complexity index is 3090. The molecule has 12 aromatic carbocycles. The summed E-state index contributed by atoms with van der Waals surface area (Å²) in [4.78, 5) is 0. The summed E-state index contributed by atoms with van der Waals surface area (Å²) in [5.74, 6) is 3.30. The summed E-state index contributed by atoms with van der Waals surface area (Å²) in [6, 6.07) is 112. The first kappa shape index (κ1) is 59.9. The Morgan fingerprint density at radius 2 is 0.202 bits per heavy atom. The predicted molar refractivity (Wildman–Crippen MR) is 358 cm³/mol. The summed E-state index contributed by atoms with van der Waals surface area (Å²) in [6.07, 6.45) is -23.5. The number of para-hydroxylation sites is 12. The van der Waals surface area contributed by atoms with Crippen LogP contribution in [0.2, 0.25) is 0 Å². The van der Waals surface area contributed by atoms with E-state index in [0.717, 1.165) is 0 Å². The summed E-state index contributed by atoms with van der Waals surface area (Å²) >= 11 is -6.48. The molecule has 0 aliphatic carbocycles. The van der Waals surface area contributed by atoms with E-state index in [9.17, 15) is 0 Å². The SMILES string of the molecule is c1ccc(O[PH](Oc2ccccc2)(Oc2ccccc2)[Pd]([PH](Oc2ccccc2)(Oc2ccccc2)Oc2ccccc2)([PH](Oc2ccccc2)(Oc2ccccc2)Oc2ccccc2)[PH](Oc2ccccc2)(Oc2ccccc2)Oc2ccccc2)cc1. The van der Waals surface area contributed by atoms with Crippen molar-refractivity contribution in [2.45, 2.75) is 0 Å². The maximum absolute atomic E-state index is 8.38. The van der Waals surface area contributed by atoms with Crippen molar-refractivity contribution in [3.63, 3.8) is 0 Å². The van der Waals surface area contributed by atoms with Crippen LogP contribution in [-0.2, 0) is 13.6 Å². The van der Waals surface area contributed by atoms with Gasteiger partial charge in [-0.1, -0.05) is 0 Å². The molecular weight excluding hydrogens is 1290 g/mol. The van der Waals surface area contributed by atoms with Crippen LogP contribution in [0.5, 0.6) is 69.0 Å². The number of hydrogen-bond donors (Lipinski definition) is 0. The van der Waals surface area contributed by atoms with Crippen molar-refractivity contribution >= 4 is 24.5 Å². The van der Waals surface area contributed by atoms with Gasteiger partial charge in [-0.05, 0) is 0 Å². The summed E-state index contributed by atoms with van der Waals surface area (Å²) in [5.41, 5.74) is 0.